The topological polar surface area (TPSA) is 69.2 Å². The molecule has 2 N–H and O–H groups in total. The number of carbonyl (C=O) groups is 1. The molecule has 2 aromatic carbocycles. The van der Waals surface area contributed by atoms with Crippen molar-refractivity contribution >= 4 is 35.8 Å². The number of aliphatic imine (C=N–C) groups is 1. The van der Waals surface area contributed by atoms with Gasteiger partial charge in [0.15, 0.2) is 5.96 Å². The Morgan fingerprint density at radius 1 is 1.00 bits per heavy atom. The molecule has 0 radical (unpaired) electrons. The van der Waals surface area contributed by atoms with E-state index in [1.165, 1.54) is 11.1 Å². The molecule has 2 aromatic rings. The molecule has 1 aliphatic heterocycles. The predicted octanol–water partition coefficient (Wildman–Crippen LogP) is 2.70. The number of morpholine rings is 1. The van der Waals surface area contributed by atoms with E-state index in [9.17, 15) is 4.79 Å². The van der Waals surface area contributed by atoms with Gasteiger partial charge >= 0.3 is 0 Å². The van der Waals surface area contributed by atoms with Crippen molar-refractivity contribution in [1.82, 2.24) is 20.4 Å². The Hall–Kier alpha value is -2.17. The third kappa shape index (κ3) is 8.07. The Morgan fingerprint density at radius 2 is 1.62 bits per heavy atom. The summed E-state index contributed by atoms with van der Waals surface area (Å²) in [6.07, 6.45) is 0. The van der Waals surface area contributed by atoms with E-state index in [0.29, 0.717) is 18.7 Å². The monoisotopic (exact) mass is 551 g/mol. The quantitative estimate of drug-likeness (QED) is 0.315. The van der Waals surface area contributed by atoms with Crippen LogP contribution in [0.2, 0.25) is 0 Å². The zero-order chi connectivity index (χ0) is 22.1. The molecule has 0 saturated carbocycles. The number of rotatable bonds is 7. The van der Waals surface area contributed by atoms with Crippen LogP contribution in [0.15, 0.2) is 53.5 Å². The second-order valence-corrected chi connectivity index (χ2v) is 7.88. The lowest BCUT2D eigenvalue weighted by Gasteiger charge is -2.26. The summed E-state index contributed by atoms with van der Waals surface area (Å²) in [6.45, 7) is 5.90. The summed E-state index contributed by atoms with van der Waals surface area (Å²) in [7, 11) is 5.28. The first-order valence-corrected chi connectivity index (χ1v) is 10.7. The van der Waals surface area contributed by atoms with E-state index in [4.69, 9.17) is 4.74 Å². The highest BCUT2D eigenvalue weighted by molar-refractivity contribution is 14.0. The van der Waals surface area contributed by atoms with Crippen LogP contribution >= 0.6 is 24.0 Å². The van der Waals surface area contributed by atoms with E-state index in [-0.39, 0.29) is 29.9 Å². The molecule has 1 heterocycles. The van der Waals surface area contributed by atoms with Crippen molar-refractivity contribution in [3.63, 3.8) is 0 Å². The van der Waals surface area contributed by atoms with E-state index < -0.39 is 0 Å². The molecule has 32 heavy (non-hydrogen) atoms. The molecule has 1 aliphatic rings. The Bertz CT molecular complexity index is 880. The molecular formula is C24H34IN5O2. The van der Waals surface area contributed by atoms with E-state index in [0.717, 1.165) is 44.4 Å². The molecule has 0 aromatic heterocycles. The van der Waals surface area contributed by atoms with Gasteiger partial charge in [-0.15, -0.1) is 24.0 Å². The zero-order valence-electron chi connectivity index (χ0n) is 19.1. The summed E-state index contributed by atoms with van der Waals surface area (Å²) in [6, 6.07) is 16.3. The summed E-state index contributed by atoms with van der Waals surface area (Å²) in [5.41, 5.74) is 4.32. The largest absolute Gasteiger partial charge is 0.379 e. The smallest absolute Gasteiger partial charge is 0.253 e. The number of nitrogens with one attached hydrogen (secondary N) is 2. The molecule has 174 valence electrons. The SMILES string of the molecule is CN=C(NCc1ccc(C(=O)N(C)C)cc1)NCc1cccc(CN2CCOCC2)c1.I. The van der Waals surface area contributed by atoms with Gasteiger partial charge in [0, 0.05) is 59.4 Å². The van der Waals surface area contributed by atoms with Crippen LogP contribution in [0, 0.1) is 0 Å². The fourth-order valence-corrected chi connectivity index (χ4v) is 3.47. The summed E-state index contributed by atoms with van der Waals surface area (Å²) >= 11 is 0. The first-order valence-electron chi connectivity index (χ1n) is 10.7. The maximum atomic E-state index is 12.0. The number of guanidine groups is 1. The van der Waals surface area contributed by atoms with Gasteiger partial charge < -0.3 is 20.3 Å². The van der Waals surface area contributed by atoms with Gasteiger partial charge in [0.25, 0.3) is 5.91 Å². The van der Waals surface area contributed by atoms with Crippen LogP contribution in [0.4, 0.5) is 0 Å². The van der Waals surface area contributed by atoms with Crippen LogP contribution in [0.25, 0.3) is 0 Å². The van der Waals surface area contributed by atoms with Crippen LogP contribution in [0.5, 0.6) is 0 Å². The Kier molecular flexibility index (Phi) is 10.9. The second-order valence-electron chi connectivity index (χ2n) is 7.88. The molecule has 3 rings (SSSR count). The third-order valence-electron chi connectivity index (χ3n) is 5.25. The van der Waals surface area contributed by atoms with E-state index in [2.05, 4.69) is 44.8 Å². The van der Waals surface area contributed by atoms with Crippen molar-refractivity contribution in [2.75, 3.05) is 47.4 Å². The van der Waals surface area contributed by atoms with Gasteiger partial charge in [-0.2, -0.15) is 0 Å². The van der Waals surface area contributed by atoms with Gasteiger partial charge in [-0.1, -0.05) is 36.4 Å². The minimum atomic E-state index is 0. The van der Waals surface area contributed by atoms with Crippen molar-refractivity contribution < 1.29 is 9.53 Å². The van der Waals surface area contributed by atoms with Crippen LogP contribution in [0.3, 0.4) is 0 Å². The summed E-state index contributed by atoms with van der Waals surface area (Å²) in [5, 5.41) is 6.70. The van der Waals surface area contributed by atoms with Crippen LogP contribution in [0.1, 0.15) is 27.0 Å². The zero-order valence-corrected chi connectivity index (χ0v) is 21.5. The van der Waals surface area contributed by atoms with Gasteiger partial charge in [0.2, 0.25) is 0 Å². The van der Waals surface area contributed by atoms with Crippen molar-refractivity contribution in [1.29, 1.82) is 0 Å². The summed E-state index contributed by atoms with van der Waals surface area (Å²) < 4.78 is 5.43. The van der Waals surface area contributed by atoms with Crippen molar-refractivity contribution in [2.24, 2.45) is 4.99 Å². The number of nitrogens with zero attached hydrogens (tertiary/aromatic N) is 3. The highest BCUT2D eigenvalue weighted by Gasteiger charge is 2.11. The number of hydrogen-bond donors (Lipinski definition) is 2. The number of halogens is 1. The third-order valence-corrected chi connectivity index (χ3v) is 5.25. The van der Waals surface area contributed by atoms with Crippen molar-refractivity contribution in [2.45, 2.75) is 19.6 Å². The molecule has 0 unspecified atom stereocenters. The minimum absolute atomic E-state index is 0. The van der Waals surface area contributed by atoms with Crippen LogP contribution in [-0.4, -0.2) is 69.1 Å². The Morgan fingerprint density at radius 3 is 2.25 bits per heavy atom. The number of amides is 1. The van der Waals surface area contributed by atoms with Crippen molar-refractivity contribution in [3.8, 4) is 0 Å². The maximum Gasteiger partial charge on any atom is 0.253 e. The lowest BCUT2D eigenvalue weighted by molar-refractivity contribution is 0.0342. The first-order chi connectivity index (χ1) is 15.0. The molecule has 8 heteroatoms. The summed E-state index contributed by atoms with van der Waals surface area (Å²) in [5.74, 6) is 0.750. The normalized spacial score (nSPS) is 14.4. The highest BCUT2D eigenvalue weighted by Crippen LogP contribution is 2.10. The standard InChI is InChI=1S/C24H33N5O2.HI/c1-25-24(26-16-19-7-9-22(10-8-19)23(30)28(2)3)27-17-20-5-4-6-21(15-20)18-29-11-13-31-14-12-29;/h4-10,15H,11-14,16-18H2,1-3H3,(H2,25,26,27);1H. The fourth-order valence-electron chi connectivity index (χ4n) is 3.47. The number of benzene rings is 2. The average Bonchev–Trinajstić information content (AvgIpc) is 2.80. The lowest BCUT2D eigenvalue weighted by atomic mass is 10.1. The minimum Gasteiger partial charge on any atom is -0.379 e. The molecule has 0 bridgehead atoms. The molecule has 0 atom stereocenters. The van der Waals surface area contributed by atoms with E-state index in [1.807, 2.05) is 24.3 Å². The van der Waals surface area contributed by atoms with Gasteiger partial charge in [-0.05, 0) is 28.8 Å². The fraction of sp³-hybridized carbons (Fsp3) is 0.417. The first kappa shape index (κ1) is 26.1. The molecule has 0 aliphatic carbocycles. The molecule has 7 nitrogen and oxygen atoms in total. The van der Waals surface area contributed by atoms with E-state index >= 15 is 0 Å². The maximum absolute atomic E-state index is 12.0. The molecule has 1 saturated heterocycles. The molecule has 0 spiro atoms. The number of hydrogen-bond acceptors (Lipinski definition) is 4. The summed E-state index contributed by atoms with van der Waals surface area (Å²) in [4.78, 5) is 20.3. The van der Waals surface area contributed by atoms with Crippen molar-refractivity contribution in [3.05, 3.63) is 70.8 Å². The number of carbonyl (C=O) groups excluding carboxylic acids is 1. The highest BCUT2D eigenvalue weighted by atomic mass is 127. The predicted molar refractivity (Wildman–Crippen MR) is 139 cm³/mol. The van der Waals surface area contributed by atoms with Gasteiger partial charge in [0.1, 0.15) is 0 Å². The van der Waals surface area contributed by atoms with Crippen LogP contribution in [-0.2, 0) is 24.4 Å². The van der Waals surface area contributed by atoms with E-state index in [1.54, 1.807) is 26.0 Å². The molecular weight excluding hydrogens is 517 g/mol. The van der Waals surface area contributed by atoms with Gasteiger partial charge in [0.05, 0.1) is 13.2 Å². The second kappa shape index (κ2) is 13.4. The van der Waals surface area contributed by atoms with Crippen LogP contribution < -0.4 is 10.6 Å². The Balaban J connectivity index is 0.00000363. The number of ether oxygens (including phenoxy) is 1. The molecule has 1 fully saturated rings. The Labute approximate surface area is 208 Å². The molecule has 1 amide bonds. The lowest BCUT2D eigenvalue weighted by Crippen LogP contribution is -2.36. The average molecular weight is 551 g/mol. The van der Waals surface area contributed by atoms with Gasteiger partial charge in [-0.3, -0.25) is 14.7 Å². The van der Waals surface area contributed by atoms with Gasteiger partial charge in [-0.25, -0.2) is 0 Å².